The van der Waals surface area contributed by atoms with Crippen LogP contribution < -0.4 is 16.6 Å². The van der Waals surface area contributed by atoms with Gasteiger partial charge in [-0.2, -0.15) is 0 Å². The molecule has 2 rings (SSSR count). The highest BCUT2D eigenvalue weighted by Gasteiger charge is 2.09. The molecule has 6 nitrogen and oxygen atoms in total. The first-order chi connectivity index (χ1) is 8.18. The van der Waals surface area contributed by atoms with Crippen LogP contribution in [-0.4, -0.2) is 16.9 Å². The van der Waals surface area contributed by atoms with Gasteiger partial charge in [0.25, 0.3) is 5.91 Å². The van der Waals surface area contributed by atoms with Crippen molar-refractivity contribution in [3.8, 4) is 0 Å². The van der Waals surface area contributed by atoms with E-state index in [2.05, 4.69) is 10.4 Å². The predicted molar refractivity (Wildman–Crippen MR) is 61.9 cm³/mol. The summed E-state index contributed by atoms with van der Waals surface area (Å²) in [5.41, 5.74) is 10.2. The van der Waals surface area contributed by atoms with Crippen LogP contribution in [0, 0.1) is 0 Å². The van der Waals surface area contributed by atoms with Gasteiger partial charge in [0.1, 0.15) is 0 Å². The van der Waals surface area contributed by atoms with Crippen LogP contribution in [0.2, 0.25) is 0 Å². The average Bonchev–Trinajstić information content (AvgIpc) is 2.35. The summed E-state index contributed by atoms with van der Waals surface area (Å²) in [6.45, 7) is 0. The van der Waals surface area contributed by atoms with Gasteiger partial charge in [0.05, 0.1) is 11.1 Å². The zero-order valence-electron chi connectivity index (χ0n) is 8.81. The maximum atomic E-state index is 11.8. The summed E-state index contributed by atoms with van der Waals surface area (Å²) >= 11 is 0. The fraction of sp³-hybridized carbons (Fsp3) is 0. The molecule has 0 aliphatic rings. The number of rotatable bonds is 1. The lowest BCUT2D eigenvalue weighted by molar-refractivity contribution is 0.0939. The van der Waals surface area contributed by atoms with Gasteiger partial charge in [0.15, 0.2) is 0 Å². The van der Waals surface area contributed by atoms with E-state index < -0.39 is 11.9 Å². The molecule has 1 heterocycles. The topological polar surface area (TPSA) is 97.1 Å². The van der Waals surface area contributed by atoms with Gasteiger partial charge in [-0.25, -0.2) is 10.2 Å². The highest BCUT2D eigenvalue weighted by molar-refractivity contribution is 6.06. The third-order valence-corrected chi connectivity index (χ3v) is 2.19. The standard InChI is InChI=1S/C11H10N4O2/c12-11(17)15-14-10(16)8-3-1-5-9-7(8)4-2-6-13-9/h1-6H,(H,14,16)(H3,12,15,17). The first-order valence-corrected chi connectivity index (χ1v) is 4.88. The number of aromatic nitrogens is 1. The number of primary amides is 1. The number of nitrogens with two attached hydrogens (primary N) is 1. The second kappa shape index (κ2) is 4.48. The predicted octanol–water partition coefficient (Wildman–Crippen LogP) is 0.548. The third-order valence-electron chi connectivity index (χ3n) is 2.19. The van der Waals surface area contributed by atoms with Crippen LogP contribution in [0.4, 0.5) is 4.79 Å². The maximum Gasteiger partial charge on any atom is 0.330 e. The van der Waals surface area contributed by atoms with Gasteiger partial charge in [-0.05, 0) is 18.2 Å². The Balaban J connectivity index is 2.35. The van der Waals surface area contributed by atoms with Crippen molar-refractivity contribution < 1.29 is 9.59 Å². The van der Waals surface area contributed by atoms with Gasteiger partial charge >= 0.3 is 6.03 Å². The summed E-state index contributed by atoms with van der Waals surface area (Å²) in [5.74, 6) is -0.442. The fourth-order valence-corrected chi connectivity index (χ4v) is 1.49. The summed E-state index contributed by atoms with van der Waals surface area (Å²) < 4.78 is 0. The number of urea groups is 1. The minimum Gasteiger partial charge on any atom is -0.350 e. The number of fused-ring (bicyclic) bond motifs is 1. The highest BCUT2D eigenvalue weighted by atomic mass is 16.2. The van der Waals surface area contributed by atoms with Gasteiger partial charge in [0.2, 0.25) is 0 Å². The molecule has 1 aromatic carbocycles. The molecule has 0 radical (unpaired) electrons. The van der Waals surface area contributed by atoms with E-state index in [0.29, 0.717) is 16.5 Å². The largest absolute Gasteiger partial charge is 0.350 e. The molecule has 2 aromatic rings. The summed E-state index contributed by atoms with van der Waals surface area (Å²) in [5, 5.41) is 0.707. The van der Waals surface area contributed by atoms with E-state index in [1.165, 1.54) is 0 Å². The average molecular weight is 230 g/mol. The summed E-state index contributed by atoms with van der Waals surface area (Å²) in [6.07, 6.45) is 1.64. The maximum absolute atomic E-state index is 11.8. The molecule has 1 aromatic heterocycles. The molecule has 17 heavy (non-hydrogen) atoms. The smallest absolute Gasteiger partial charge is 0.330 e. The van der Waals surface area contributed by atoms with E-state index in [-0.39, 0.29) is 0 Å². The van der Waals surface area contributed by atoms with E-state index in [1.807, 2.05) is 5.43 Å². The van der Waals surface area contributed by atoms with Crippen LogP contribution in [-0.2, 0) is 0 Å². The Hall–Kier alpha value is -2.63. The zero-order valence-corrected chi connectivity index (χ0v) is 8.81. The molecule has 0 aliphatic heterocycles. The van der Waals surface area contributed by atoms with Crippen molar-refractivity contribution in [1.29, 1.82) is 0 Å². The lowest BCUT2D eigenvalue weighted by Gasteiger charge is -2.07. The van der Waals surface area contributed by atoms with Crippen LogP contribution >= 0.6 is 0 Å². The van der Waals surface area contributed by atoms with E-state index in [1.54, 1.807) is 36.5 Å². The van der Waals surface area contributed by atoms with E-state index in [9.17, 15) is 9.59 Å². The minimum atomic E-state index is -0.822. The van der Waals surface area contributed by atoms with Gasteiger partial charge in [0, 0.05) is 11.6 Å². The van der Waals surface area contributed by atoms with Crippen molar-refractivity contribution in [2.75, 3.05) is 0 Å². The fourth-order valence-electron chi connectivity index (χ4n) is 1.49. The molecule has 0 aliphatic carbocycles. The molecule has 0 unspecified atom stereocenters. The van der Waals surface area contributed by atoms with E-state index in [0.717, 1.165) is 0 Å². The zero-order chi connectivity index (χ0) is 12.3. The van der Waals surface area contributed by atoms with Crippen molar-refractivity contribution in [3.05, 3.63) is 42.1 Å². The SMILES string of the molecule is NC(=O)NNC(=O)c1cccc2ncccc12. The Morgan fingerprint density at radius 3 is 2.71 bits per heavy atom. The number of nitrogens with one attached hydrogen (secondary N) is 2. The van der Waals surface area contributed by atoms with Gasteiger partial charge in [-0.3, -0.25) is 15.2 Å². The van der Waals surface area contributed by atoms with E-state index in [4.69, 9.17) is 5.73 Å². The number of carbonyl (C=O) groups is 2. The molecule has 86 valence electrons. The molecule has 0 atom stereocenters. The van der Waals surface area contributed by atoms with Crippen molar-refractivity contribution in [3.63, 3.8) is 0 Å². The van der Waals surface area contributed by atoms with Crippen molar-refractivity contribution in [2.24, 2.45) is 5.73 Å². The lowest BCUT2D eigenvalue weighted by Crippen LogP contribution is -2.44. The molecule has 6 heteroatoms. The molecule has 0 saturated carbocycles. The number of hydrogen-bond acceptors (Lipinski definition) is 3. The van der Waals surface area contributed by atoms with Gasteiger partial charge in [-0.15, -0.1) is 0 Å². The number of benzene rings is 1. The van der Waals surface area contributed by atoms with Crippen LogP contribution in [0.25, 0.3) is 10.9 Å². The lowest BCUT2D eigenvalue weighted by atomic mass is 10.1. The number of carbonyl (C=O) groups excluding carboxylic acids is 2. The van der Waals surface area contributed by atoms with Crippen LogP contribution in [0.5, 0.6) is 0 Å². The van der Waals surface area contributed by atoms with Gasteiger partial charge in [-0.1, -0.05) is 12.1 Å². The Morgan fingerprint density at radius 2 is 1.94 bits per heavy atom. The minimum absolute atomic E-state index is 0.421. The van der Waals surface area contributed by atoms with Crippen molar-refractivity contribution >= 4 is 22.8 Å². The molecular formula is C11H10N4O2. The molecule has 0 spiro atoms. The van der Waals surface area contributed by atoms with Crippen LogP contribution in [0.3, 0.4) is 0 Å². The van der Waals surface area contributed by atoms with Crippen LogP contribution in [0.15, 0.2) is 36.5 Å². The van der Waals surface area contributed by atoms with E-state index >= 15 is 0 Å². The molecule has 4 N–H and O–H groups in total. The number of amides is 3. The monoisotopic (exact) mass is 230 g/mol. The molecular weight excluding hydrogens is 220 g/mol. The molecule has 0 fully saturated rings. The number of hydrogen-bond donors (Lipinski definition) is 3. The van der Waals surface area contributed by atoms with Crippen molar-refractivity contribution in [2.45, 2.75) is 0 Å². The highest BCUT2D eigenvalue weighted by Crippen LogP contribution is 2.15. The second-order valence-electron chi connectivity index (χ2n) is 3.32. The Bertz CT molecular complexity index is 577. The van der Waals surface area contributed by atoms with Gasteiger partial charge < -0.3 is 5.73 Å². The summed E-state index contributed by atoms with van der Waals surface area (Å²) in [7, 11) is 0. The second-order valence-corrected chi connectivity index (χ2v) is 3.32. The summed E-state index contributed by atoms with van der Waals surface area (Å²) in [6, 6.07) is 7.85. The molecule has 0 saturated heterocycles. The first-order valence-electron chi connectivity index (χ1n) is 4.88. The Morgan fingerprint density at radius 1 is 1.12 bits per heavy atom. The van der Waals surface area contributed by atoms with Crippen molar-refractivity contribution in [1.82, 2.24) is 15.8 Å². The quantitative estimate of drug-likeness (QED) is 0.624. The normalized spacial score (nSPS) is 9.88. The number of hydrazine groups is 1. The first kappa shape index (κ1) is 10.9. The summed E-state index contributed by atoms with van der Waals surface area (Å²) in [4.78, 5) is 26.4. The Labute approximate surface area is 96.8 Å². The number of nitrogens with zero attached hydrogens (tertiary/aromatic N) is 1. The molecule has 3 amide bonds. The number of pyridine rings is 1. The third kappa shape index (κ3) is 2.31. The van der Waals surface area contributed by atoms with Crippen LogP contribution in [0.1, 0.15) is 10.4 Å². The Kier molecular flexibility index (Phi) is 2.87. The molecule has 0 bridgehead atoms.